The lowest BCUT2D eigenvalue weighted by Crippen LogP contribution is -2.17. The van der Waals surface area contributed by atoms with Gasteiger partial charge in [-0.15, -0.1) is 0 Å². The van der Waals surface area contributed by atoms with Gasteiger partial charge in [-0.25, -0.2) is 4.98 Å². The van der Waals surface area contributed by atoms with E-state index in [-0.39, 0.29) is 5.92 Å². The average molecular weight is 355 g/mol. The first-order chi connectivity index (χ1) is 13.3. The number of anilines is 1. The zero-order valence-electron chi connectivity index (χ0n) is 14.4. The van der Waals surface area contributed by atoms with Gasteiger partial charge >= 0.3 is 0 Å². The quantitative estimate of drug-likeness (QED) is 0.483. The molecule has 0 bridgehead atoms. The Labute approximate surface area is 155 Å². The van der Waals surface area contributed by atoms with E-state index >= 15 is 0 Å². The predicted molar refractivity (Wildman–Crippen MR) is 104 cm³/mol. The fourth-order valence-corrected chi connectivity index (χ4v) is 3.96. The molecule has 1 unspecified atom stereocenters. The van der Waals surface area contributed by atoms with Crippen molar-refractivity contribution in [3.8, 4) is 22.6 Å². The third-order valence-corrected chi connectivity index (χ3v) is 5.15. The number of nitrogens with two attached hydrogens (primary N) is 1. The number of nitrogen functional groups attached to an aromatic ring is 1. The lowest BCUT2D eigenvalue weighted by molar-refractivity contribution is 0.580. The molecule has 27 heavy (non-hydrogen) atoms. The van der Waals surface area contributed by atoms with E-state index in [4.69, 9.17) is 15.6 Å². The zero-order chi connectivity index (χ0) is 18.4. The van der Waals surface area contributed by atoms with Crippen LogP contribution in [0.2, 0.25) is 0 Å². The van der Waals surface area contributed by atoms with Crippen molar-refractivity contribution in [2.24, 2.45) is 0 Å². The molecule has 3 heterocycles. The van der Waals surface area contributed by atoms with Gasteiger partial charge in [-0.1, -0.05) is 30.3 Å². The minimum Gasteiger partial charge on any atom is -0.464 e. The van der Waals surface area contributed by atoms with E-state index in [1.54, 1.807) is 12.5 Å². The van der Waals surface area contributed by atoms with Crippen molar-refractivity contribution in [3.63, 3.8) is 0 Å². The van der Waals surface area contributed by atoms with Crippen LogP contribution in [-0.4, -0.2) is 21.4 Å². The van der Waals surface area contributed by atoms with Crippen molar-refractivity contribution in [1.82, 2.24) is 15.2 Å². The summed E-state index contributed by atoms with van der Waals surface area (Å²) in [5.74, 6) is 1.06. The lowest BCUT2D eigenvalue weighted by Gasteiger charge is -2.28. The van der Waals surface area contributed by atoms with Crippen LogP contribution < -0.4 is 5.73 Å². The summed E-state index contributed by atoms with van der Waals surface area (Å²) < 4.78 is 5.73. The molecule has 1 aliphatic carbocycles. The number of fused-ring (bicyclic) bond motifs is 3. The minimum absolute atomic E-state index is 0.0565. The van der Waals surface area contributed by atoms with Gasteiger partial charge in [-0.3, -0.25) is 5.10 Å². The van der Waals surface area contributed by atoms with E-state index in [1.165, 1.54) is 11.8 Å². The summed E-state index contributed by atoms with van der Waals surface area (Å²) in [6.45, 7) is 0. The molecule has 0 spiro atoms. The molecule has 5 rings (SSSR count). The van der Waals surface area contributed by atoms with Gasteiger partial charge in [0.25, 0.3) is 0 Å². The van der Waals surface area contributed by atoms with Gasteiger partial charge in [0.2, 0.25) is 0 Å². The van der Waals surface area contributed by atoms with Gasteiger partial charge in [-0.05, 0) is 23.3 Å². The molecule has 0 saturated carbocycles. The number of furan rings is 1. The van der Waals surface area contributed by atoms with Crippen LogP contribution in [0.25, 0.3) is 22.6 Å². The fraction of sp³-hybridized carbons (Fsp3) is 0.0952. The van der Waals surface area contributed by atoms with Crippen LogP contribution in [-0.2, 0) is 6.42 Å². The van der Waals surface area contributed by atoms with Crippen LogP contribution in [0.5, 0.6) is 0 Å². The SMILES string of the molecule is N=Cc1c(N)nc2c(c1-c1ccco1)C(c1ccccc1)Cc1[nH]ncc1-2. The van der Waals surface area contributed by atoms with E-state index in [2.05, 4.69) is 27.3 Å². The number of hydrogen-bond donors (Lipinski definition) is 3. The first kappa shape index (κ1) is 15.6. The molecule has 4 aromatic rings. The Morgan fingerprint density at radius 2 is 2.04 bits per heavy atom. The van der Waals surface area contributed by atoms with Gasteiger partial charge in [0.1, 0.15) is 11.6 Å². The van der Waals surface area contributed by atoms with Crippen LogP contribution in [0, 0.1) is 5.41 Å². The predicted octanol–water partition coefficient (Wildman–Crippen LogP) is 4.00. The first-order valence-corrected chi connectivity index (χ1v) is 8.73. The largest absolute Gasteiger partial charge is 0.464 e. The van der Waals surface area contributed by atoms with E-state index in [1.807, 2.05) is 30.3 Å². The zero-order valence-corrected chi connectivity index (χ0v) is 14.4. The van der Waals surface area contributed by atoms with Crippen LogP contribution in [0.1, 0.15) is 28.3 Å². The van der Waals surface area contributed by atoms with Crippen molar-refractivity contribution >= 4 is 12.0 Å². The van der Waals surface area contributed by atoms with Crippen LogP contribution in [0.15, 0.2) is 59.3 Å². The molecule has 0 aliphatic heterocycles. The van der Waals surface area contributed by atoms with Gasteiger partial charge in [0.15, 0.2) is 0 Å². The highest BCUT2D eigenvalue weighted by Crippen LogP contribution is 2.47. The molecule has 1 aliphatic rings. The lowest BCUT2D eigenvalue weighted by atomic mass is 9.77. The number of rotatable bonds is 3. The van der Waals surface area contributed by atoms with Gasteiger partial charge in [0, 0.05) is 40.9 Å². The molecule has 6 heteroatoms. The minimum atomic E-state index is 0.0565. The Hall–Kier alpha value is -3.67. The summed E-state index contributed by atoms with van der Waals surface area (Å²) in [5.41, 5.74) is 12.6. The first-order valence-electron chi connectivity index (χ1n) is 8.73. The molecule has 0 fully saturated rings. The Morgan fingerprint density at radius 3 is 2.78 bits per heavy atom. The fourth-order valence-electron chi connectivity index (χ4n) is 3.96. The molecule has 3 aromatic heterocycles. The molecule has 4 N–H and O–H groups in total. The molecule has 1 aromatic carbocycles. The second-order valence-electron chi connectivity index (χ2n) is 6.60. The van der Waals surface area contributed by atoms with Crippen molar-refractivity contribution in [2.75, 3.05) is 5.73 Å². The second kappa shape index (κ2) is 5.95. The molecule has 0 saturated heterocycles. The van der Waals surface area contributed by atoms with Gasteiger partial charge in [-0.2, -0.15) is 5.10 Å². The summed E-state index contributed by atoms with van der Waals surface area (Å²) in [6, 6.07) is 14.0. The van der Waals surface area contributed by atoms with E-state index in [9.17, 15) is 0 Å². The van der Waals surface area contributed by atoms with Gasteiger partial charge in [0.05, 0.1) is 18.2 Å². The van der Waals surface area contributed by atoms with Crippen LogP contribution >= 0.6 is 0 Å². The van der Waals surface area contributed by atoms with E-state index < -0.39 is 0 Å². The smallest absolute Gasteiger partial charge is 0.135 e. The monoisotopic (exact) mass is 355 g/mol. The standard InChI is InChI=1S/C21H17N5O/c22-10-14-18(17-7-4-8-27-17)19-13(12-5-2-1-3-6-12)9-16-15(11-24-26-16)20(19)25-21(14)23/h1-8,10-11,13,22H,9H2,(H2,23,25)(H,24,26). The third kappa shape index (κ3) is 2.30. The molecule has 1 atom stereocenters. The summed E-state index contributed by atoms with van der Waals surface area (Å²) >= 11 is 0. The van der Waals surface area contributed by atoms with E-state index in [0.29, 0.717) is 17.1 Å². The highest BCUT2D eigenvalue weighted by molar-refractivity contribution is 5.97. The number of pyridine rings is 1. The Morgan fingerprint density at radius 1 is 1.19 bits per heavy atom. The third-order valence-electron chi connectivity index (χ3n) is 5.15. The van der Waals surface area contributed by atoms with Crippen molar-refractivity contribution in [2.45, 2.75) is 12.3 Å². The Balaban J connectivity index is 1.89. The highest BCUT2D eigenvalue weighted by atomic mass is 16.3. The number of nitrogens with zero attached hydrogens (tertiary/aromatic N) is 2. The van der Waals surface area contributed by atoms with E-state index in [0.717, 1.165) is 34.5 Å². The normalized spacial score (nSPS) is 15.2. The highest BCUT2D eigenvalue weighted by Gasteiger charge is 2.34. The number of benzene rings is 1. The van der Waals surface area contributed by atoms with Gasteiger partial charge < -0.3 is 15.6 Å². The summed E-state index contributed by atoms with van der Waals surface area (Å²) in [5, 5.41) is 15.2. The molecule has 132 valence electrons. The Kier molecular flexibility index (Phi) is 3.43. The molecular weight excluding hydrogens is 338 g/mol. The summed E-state index contributed by atoms with van der Waals surface area (Å²) in [6.07, 6.45) is 5.45. The van der Waals surface area contributed by atoms with Crippen LogP contribution in [0.4, 0.5) is 5.82 Å². The van der Waals surface area contributed by atoms with Crippen LogP contribution in [0.3, 0.4) is 0 Å². The molecule has 0 radical (unpaired) electrons. The summed E-state index contributed by atoms with van der Waals surface area (Å²) in [7, 11) is 0. The second-order valence-corrected chi connectivity index (χ2v) is 6.60. The number of hydrogen-bond acceptors (Lipinski definition) is 5. The maximum atomic E-state index is 7.93. The maximum absolute atomic E-state index is 7.93. The average Bonchev–Trinajstić information content (AvgIpc) is 3.39. The maximum Gasteiger partial charge on any atom is 0.135 e. The molecule has 6 nitrogen and oxygen atoms in total. The summed E-state index contributed by atoms with van der Waals surface area (Å²) in [4.78, 5) is 4.67. The Bertz CT molecular complexity index is 1130. The number of aromatic amines is 1. The number of H-pyrrole nitrogens is 1. The topological polar surface area (TPSA) is 105 Å². The van der Waals surface area contributed by atoms with Crippen molar-refractivity contribution < 1.29 is 4.42 Å². The number of aromatic nitrogens is 3. The van der Waals surface area contributed by atoms with Crippen molar-refractivity contribution in [3.05, 3.63) is 77.3 Å². The molecular formula is C21H17N5O. The molecule has 0 amide bonds. The number of nitrogens with one attached hydrogen (secondary N) is 2. The van der Waals surface area contributed by atoms with Crippen molar-refractivity contribution in [1.29, 1.82) is 5.41 Å².